The van der Waals surface area contributed by atoms with E-state index in [0.29, 0.717) is 6.10 Å². The molecule has 1 aliphatic carbocycles. The van der Waals surface area contributed by atoms with Gasteiger partial charge < -0.3 is 10.5 Å². The number of ether oxygens (including phenoxy) is 1. The minimum absolute atomic E-state index is 0.557. The topological polar surface area (TPSA) is 35.2 Å². The quantitative estimate of drug-likeness (QED) is 0.660. The third-order valence-electron chi connectivity index (χ3n) is 3.51. The summed E-state index contributed by atoms with van der Waals surface area (Å²) in [6.45, 7) is 4.07. The third-order valence-corrected chi connectivity index (χ3v) is 3.51. The van der Waals surface area contributed by atoms with Gasteiger partial charge in [0.15, 0.2) is 0 Å². The zero-order valence-electron chi connectivity index (χ0n) is 10.2. The van der Waals surface area contributed by atoms with Crippen molar-refractivity contribution in [3.8, 4) is 0 Å². The summed E-state index contributed by atoms with van der Waals surface area (Å²) < 4.78 is 5.92. The van der Waals surface area contributed by atoms with Crippen molar-refractivity contribution in [2.45, 2.75) is 64.4 Å². The second kappa shape index (κ2) is 8.12. The van der Waals surface area contributed by atoms with Crippen LogP contribution in [0.5, 0.6) is 0 Å². The Balaban J connectivity index is 2.00. The third kappa shape index (κ3) is 5.53. The Morgan fingerprint density at radius 2 is 2.07 bits per heavy atom. The first-order chi connectivity index (χ1) is 7.36. The normalized spacial score (nSPS) is 26.8. The van der Waals surface area contributed by atoms with Crippen LogP contribution in [0.15, 0.2) is 0 Å². The average Bonchev–Trinajstić information content (AvgIpc) is 2.29. The number of hydrogen-bond acceptors (Lipinski definition) is 2. The summed E-state index contributed by atoms with van der Waals surface area (Å²) in [4.78, 5) is 0. The van der Waals surface area contributed by atoms with E-state index in [2.05, 4.69) is 6.92 Å². The summed E-state index contributed by atoms with van der Waals surface area (Å²) >= 11 is 0. The lowest BCUT2D eigenvalue weighted by Crippen LogP contribution is -2.23. The fourth-order valence-corrected chi connectivity index (χ4v) is 2.44. The molecule has 1 fully saturated rings. The molecule has 0 heterocycles. The fraction of sp³-hybridized carbons (Fsp3) is 1.00. The van der Waals surface area contributed by atoms with E-state index in [1.54, 1.807) is 0 Å². The van der Waals surface area contributed by atoms with Crippen molar-refractivity contribution in [3.63, 3.8) is 0 Å². The predicted octanol–water partition coefficient (Wildman–Crippen LogP) is 3.10. The molecule has 2 atom stereocenters. The van der Waals surface area contributed by atoms with Crippen molar-refractivity contribution >= 4 is 0 Å². The molecule has 90 valence electrons. The standard InChI is InChI=1S/C13H27NO/c1-2-12-7-6-8-13(11-12)15-10-5-3-4-9-14/h12-13H,2-11,14H2,1H3. The smallest absolute Gasteiger partial charge is 0.0577 e. The molecule has 1 rings (SSSR count). The average molecular weight is 213 g/mol. The van der Waals surface area contributed by atoms with E-state index in [1.807, 2.05) is 0 Å². The molecule has 15 heavy (non-hydrogen) atoms. The van der Waals surface area contributed by atoms with Crippen molar-refractivity contribution in [2.75, 3.05) is 13.2 Å². The Hall–Kier alpha value is -0.0800. The van der Waals surface area contributed by atoms with Crippen LogP contribution in [0.2, 0.25) is 0 Å². The highest BCUT2D eigenvalue weighted by molar-refractivity contribution is 4.72. The van der Waals surface area contributed by atoms with Crippen LogP contribution in [-0.2, 0) is 4.74 Å². The lowest BCUT2D eigenvalue weighted by molar-refractivity contribution is 0.0107. The van der Waals surface area contributed by atoms with Crippen LogP contribution < -0.4 is 5.73 Å². The molecular weight excluding hydrogens is 186 g/mol. The fourth-order valence-electron chi connectivity index (χ4n) is 2.44. The van der Waals surface area contributed by atoms with E-state index in [4.69, 9.17) is 10.5 Å². The molecule has 1 aliphatic rings. The molecule has 0 bridgehead atoms. The van der Waals surface area contributed by atoms with Gasteiger partial charge in [-0.3, -0.25) is 0 Å². The number of rotatable bonds is 7. The van der Waals surface area contributed by atoms with E-state index in [9.17, 15) is 0 Å². The van der Waals surface area contributed by atoms with Crippen LogP contribution in [0.25, 0.3) is 0 Å². The van der Waals surface area contributed by atoms with Gasteiger partial charge in [0, 0.05) is 6.61 Å². The highest BCUT2D eigenvalue weighted by atomic mass is 16.5. The Bertz CT molecular complexity index is 149. The maximum atomic E-state index is 5.92. The Morgan fingerprint density at radius 3 is 2.80 bits per heavy atom. The predicted molar refractivity (Wildman–Crippen MR) is 64.9 cm³/mol. The van der Waals surface area contributed by atoms with E-state index in [1.165, 1.54) is 44.9 Å². The van der Waals surface area contributed by atoms with Crippen molar-refractivity contribution < 1.29 is 4.74 Å². The van der Waals surface area contributed by atoms with Crippen LogP contribution in [0.1, 0.15) is 58.3 Å². The van der Waals surface area contributed by atoms with Gasteiger partial charge in [-0.1, -0.05) is 26.2 Å². The number of hydrogen-bond donors (Lipinski definition) is 1. The summed E-state index contributed by atoms with van der Waals surface area (Å²) in [6.07, 6.45) is 10.8. The lowest BCUT2D eigenvalue weighted by atomic mass is 9.85. The van der Waals surface area contributed by atoms with E-state index >= 15 is 0 Å². The van der Waals surface area contributed by atoms with Gasteiger partial charge in [0.1, 0.15) is 0 Å². The van der Waals surface area contributed by atoms with E-state index in [0.717, 1.165) is 25.5 Å². The van der Waals surface area contributed by atoms with Crippen LogP contribution >= 0.6 is 0 Å². The summed E-state index contributed by atoms with van der Waals surface area (Å²) in [6, 6.07) is 0. The van der Waals surface area contributed by atoms with Gasteiger partial charge in [0.2, 0.25) is 0 Å². The molecule has 2 heteroatoms. The van der Waals surface area contributed by atoms with Gasteiger partial charge in [-0.2, -0.15) is 0 Å². The van der Waals surface area contributed by atoms with Crippen molar-refractivity contribution in [3.05, 3.63) is 0 Å². The highest BCUT2D eigenvalue weighted by Gasteiger charge is 2.20. The van der Waals surface area contributed by atoms with Gasteiger partial charge in [0.05, 0.1) is 6.10 Å². The van der Waals surface area contributed by atoms with E-state index in [-0.39, 0.29) is 0 Å². The second-order valence-corrected chi connectivity index (χ2v) is 4.78. The van der Waals surface area contributed by atoms with Gasteiger partial charge >= 0.3 is 0 Å². The molecule has 2 unspecified atom stereocenters. The van der Waals surface area contributed by atoms with Gasteiger partial charge in [-0.15, -0.1) is 0 Å². The second-order valence-electron chi connectivity index (χ2n) is 4.78. The zero-order valence-corrected chi connectivity index (χ0v) is 10.2. The Morgan fingerprint density at radius 1 is 1.20 bits per heavy atom. The van der Waals surface area contributed by atoms with Crippen LogP contribution in [-0.4, -0.2) is 19.3 Å². The van der Waals surface area contributed by atoms with Crippen LogP contribution in [0.3, 0.4) is 0 Å². The van der Waals surface area contributed by atoms with Crippen molar-refractivity contribution in [2.24, 2.45) is 11.7 Å². The number of nitrogens with two attached hydrogens (primary N) is 1. The van der Waals surface area contributed by atoms with Crippen LogP contribution in [0, 0.1) is 5.92 Å². The first kappa shape index (κ1) is 13.0. The minimum Gasteiger partial charge on any atom is -0.378 e. The Labute approximate surface area is 94.6 Å². The van der Waals surface area contributed by atoms with Gasteiger partial charge in [0.25, 0.3) is 0 Å². The first-order valence-electron chi connectivity index (χ1n) is 6.68. The maximum Gasteiger partial charge on any atom is 0.0577 e. The highest BCUT2D eigenvalue weighted by Crippen LogP contribution is 2.28. The molecule has 0 amide bonds. The summed E-state index contributed by atoms with van der Waals surface area (Å²) in [5, 5.41) is 0. The summed E-state index contributed by atoms with van der Waals surface area (Å²) in [5.41, 5.74) is 5.45. The molecule has 0 spiro atoms. The monoisotopic (exact) mass is 213 g/mol. The molecule has 2 nitrogen and oxygen atoms in total. The van der Waals surface area contributed by atoms with Gasteiger partial charge in [-0.05, 0) is 44.6 Å². The minimum atomic E-state index is 0.557. The zero-order chi connectivity index (χ0) is 10.9. The molecule has 0 aromatic carbocycles. The number of unbranched alkanes of at least 4 members (excludes halogenated alkanes) is 2. The molecule has 0 saturated heterocycles. The first-order valence-corrected chi connectivity index (χ1v) is 6.68. The van der Waals surface area contributed by atoms with Crippen molar-refractivity contribution in [1.82, 2.24) is 0 Å². The lowest BCUT2D eigenvalue weighted by Gasteiger charge is -2.28. The van der Waals surface area contributed by atoms with Gasteiger partial charge in [-0.25, -0.2) is 0 Å². The molecule has 0 aliphatic heterocycles. The summed E-state index contributed by atoms with van der Waals surface area (Å²) in [5.74, 6) is 0.924. The molecule has 0 radical (unpaired) electrons. The summed E-state index contributed by atoms with van der Waals surface area (Å²) in [7, 11) is 0. The molecule has 2 N–H and O–H groups in total. The maximum absolute atomic E-state index is 5.92. The van der Waals surface area contributed by atoms with Crippen molar-refractivity contribution in [1.29, 1.82) is 0 Å². The SMILES string of the molecule is CCC1CCCC(OCCCCCN)C1. The largest absolute Gasteiger partial charge is 0.378 e. The molecule has 0 aromatic heterocycles. The van der Waals surface area contributed by atoms with Crippen LogP contribution in [0.4, 0.5) is 0 Å². The Kier molecular flexibility index (Phi) is 7.03. The molecular formula is C13H27NO. The molecule has 1 saturated carbocycles. The van der Waals surface area contributed by atoms with E-state index < -0.39 is 0 Å². The molecule has 0 aromatic rings.